The van der Waals surface area contributed by atoms with Gasteiger partial charge in [0.2, 0.25) is 0 Å². The molecule has 0 bridgehead atoms. The van der Waals surface area contributed by atoms with Crippen LogP contribution < -0.4 is 0 Å². The predicted molar refractivity (Wildman–Crippen MR) is 60.8 cm³/mol. The molecule has 0 aromatic carbocycles. The van der Waals surface area contributed by atoms with Crippen LogP contribution in [0, 0.1) is 0 Å². The molecule has 1 unspecified atom stereocenters. The zero-order valence-electron chi connectivity index (χ0n) is 9.52. The number of aromatic amines is 1. The molecule has 0 amide bonds. The molecule has 1 saturated carbocycles. The minimum Gasteiger partial charge on any atom is -0.393 e. The summed E-state index contributed by atoms with van der Waals surface area (Å²) in [5, 5.41) is 16.7. The Morgan fingerprint density at radius 1 is 1.56 bits per heavy atom. The van der Waals surface area contributed by atoms with Crippen LogP contribution >= 0.6 is 0 Å². The van der Waals surface area contributed by atoms with Crippen LogP contribution in [0.5, 0.6) is 0 Å². The Morgan fingerprint density at radius 3 is 3.06 bits per heavy atom. The van der Waals surface area contributed by atoms with E-state index in [1.54, 1.807) is 0 Å². The summed E-state index contributed by atoms with van der Waals surface area (Å²) in [6, 6.07) is 0. The minimum absolute atomic E-state index is 0.0825. The van der Waals surface area contributed by atoms with Crippen LogP contribution in [0.15, 0.2) is 12.4 Å². The van der Waals surface area contributed by atoms with Gasteiger partial charge in [-0.05, 0) is 32.1 Å². The summed E-state index contributed by atoms with van der Waals surface area (Å²) in [6.07, 6.45) is 9.48. The predicted octanol–water partition coefficient (Wildman–Crippen LogP) is 1.29. The van der Waals surface area contributed by atoms with Crippen LogP contribution in [0.1, 0.15) is 37.7 Å². The first-order chi connectivity index (χ1) is 7.78. The van der Waals surface area contributed by atoms with Gasteiger partial charge < -0.3 is 5.11 Å². The van der Waals surface area contributed by atoms with Gasteiger partial charge in [-0.3, -0.25) is 10.00 Å². The summed E-state index contributed by atoms with van der Waals surface area (Å²) >= 11 is 0. The molecule has 2 heterocycles. The third-order valence-electron chi connectivity index (χ3n) is 4.23. The highest BCUT2D eigenvalue weighted by Gasteiger charge is 2.46. The van der Waals surface area contributed by atoms with Crippen molar-refractivity contribution in [1.29, 1.82) is 0 Å². The fourth-order valence-corrected chi connectivity index (χ4v) is 3.15. The van der Waals surface area contributed by atoms with Crippen molar-refractivity contribution in [2.24, 2.45) is 0 Å². The van der Waals surface area contributed by atoms with Gasteiger partial charge in [0.25, 0.3) is 0 Å². The normalized spacial score (nSPS) is 29.2. The molecule has 1 atom stereocenters. The number of hydrogen-bond donors (Lipinski definition) is 2. The fraction of sp³-hybridized carbons (Fsp3) is 0.750. The van der Waals surface area contributed by atoms with E-state index in [0.29, 0.717) is 5.54 Å². The number of piperidine rings is 1. The van der Waals surface area contributed by atoms with Crippen molar-refractivity contribution < 1.29 is 5.11 Å². The van der Waals surface area contributed by atoms with E-state index in [1.807, 2.05) is 12.4 Å². The largest absolute Gasteiger partial charge is 0.393 e. The van der Waals surface area contributed by atoms with Gasteiger partial charge in [-0.1, -0.05) is 0 Å². The molecule has 0 radical (unpaired) electrons. The number of hydrogen-bond acceptors (Lipinski definition) is 3. The Labute approximate surface area is 95.7 Å². The SMILES string of the molecule is OC1CCN(Cc2cn[nH]c2)C2(CCC2)C1. The zero-order chi connectivity index (χ0) is 11.0. The van der Waals surface area contributed by atoms with Gasteiger partial charge in [-0.2, -0.15) is 5.10 Å². The number of H-pyrrole nitrogens is 1. The number of likely N-dealkylation sites (tertiary alicyclic amines) is 1. The molecule has 88 valence electrons. The monoisotopic (exact) mass is 221 g/mol. The van der Waals surface area contributed by atoms with Crippen LogP contribution in [-0.4, -0.2) is 38.4 Å². The lowest BCUT2D eigenvalue weighted by Gasteiger charge is -2.54. The molecule has 1 spiro atoms. The average molecular weight is 221 g/mol. The van der Waals surface area contributed by atoms with Gasteiger partial charge in [0.15, 0.2) is 0 Å². The van der Waals surface area contributed by atoms with Crippen molar-refractivity contribution >= 4 is 0 Å². The van der Waals surface area contributed by atoms with Gasteiger partial charge in [-0.15, -0.1) is 0 Å². The Morgan fingerprint density at radius 2 is 2.44 bits per heavy atom. The molecule has 16 heavy (non-hydrogen) atoms. The summed E-state index contributed by atoms with van der Waals surface area (Å²) in [7, 11) is 0. The molecule has 2 fully saturated rings. The van der Waals surface area contributed by atoms with Crippen LogP contribution in [0.2, 0.25) is 0 Å². The third-order valence-corrected chi connectivity index (χ3v) is 4.23. The second-order valence-electron chi connectivity index (χ2n) is 5.25. The lowest BCUT2D eigenvalue weighted by atomic mass is 9.69. The van der Waals surface area contributed by atoms with E-state index in [1.165, 1.54) is 24.8 Å². The summed E-state index contributed by atoms with van der Waals surface area (Å²) in [4.78, 5) is 2.55. The van der Waals surface area contributed by atoms with E-state index >= 15 is 0 Å². The summed E-state index contributed by atoms with van der Waals surface area (Å²) in [5.74, 6) is 0. The van der Waals surface area contributed by atoms with Crippen molar-refractivity contribution in [1.82, 2.24) is 15.1 Å². The van der Waals surface area contributed by atoms with Crippen LogP contribution in [0.3, 0.4) is 0 Å². The number of nitrogens with zero attached hydrogens (tertiary/aromatic N) is 2. The van der Waals surface area contributed by atoms with Crippen LogP contribution in [-0.2, 0) is 6.54 Å². The first-order valence-electron chi connectivity index (χ1n) is 6.19. The molecule has 4 nitrogen and oxygen atoms in total. The molecule has 2 N–H and O–H groups in total. The molecule has 1 aromatic heterocycles. The number of rotatable bonds is 2. The summed E-state index contributed by atoms with van der Waals surface area (Å²) in [5.41, 5.74) is 1.55. The standard InChI is InChI=1S/C12H19N3O/c16-11-2-5-15(9-10-7-13-14-8-10)12(6-11)3-1-4-12/h7-8,11,16H,1-6,9H2,(H,13,14). The zero-order valence-corrected chi connectivity index (χ0v) is 9.52. The maximum Gasteiger partial charge on any atom is 0.0570 e. The van der Waals surface area contributed by atoms with E-state index in [4.69, 9.17) is 0 Å². The van der Waals surface area contributed by atoms with Gasteiger partial charge in [-0.25, -0.2) is 0 Å². The van der Waals surface area contributed by atoms with Crippen LogP contribution in [0.25, 0.3) is 0 Å². The molecule has 2 aliphatic rings. The van der Waals surface area contributed by atoms with Crippen molar-refractivity contribution in [3.05, 3.63) is 18.0 Å². The molecule has 1 aromatic rings. The molecule has 3 rings (SSSR count). The molecule has 1 saturated heterocycles. The van der Waals surface area contributed by atoms with Crippen molar-refractivity contribution in [3.63, 3.8) is 0 Å². The van der Waals surface area contributed by atoms with Gasteiger partial charge >= 0.3 is 0 Å². The lowest BCUT2D eigenvalue weighted by Crippen LogP contribution is -2.58. The van der Waals surface area contributed by atoms with Gasteiger partial charge in [0.05, 0.1) is 12.3 Å². The Bertz CT molecular complexity index is 345. The van der Waals surface area contributed by atoms with E-state index in [2.05, 4.69) is 15.1 Å². The van der Waals surface area contributed by atoms with Gasteiger partial charge in [0, 0.05) is 30.4 Å². The lowest BCUT2D eigenvalue weighted by molar-refractivity contribution is -0.0702. The molecule has 1 aliphatic heterocycles. The van der Waals surface area contributed by atoms with Gasteiger partial charge in [0.1, 0.15) is 0 Å². The van der Waals surface area contributed by atoms with Crippen molar-refractivity contribution in [2.75, 3.05) is 6.54 Å². The Hall–Kier alpha value is -0.870. The van der Waals surface area contributed by atoms with E-state index < -0.39 is 0 Å². The Kier molecular flexibility index (Phi) is 2.48. The second kappa shape index (κ2) is 3.86. The molecular weight excluding hydrogens is 202 g/mol. The van der Waals surface area contributed by atoms with E-state index in [0.717, 1.165) is 25.9 Å². The van der Waals surface area contributed by atoms with E-state index in [9.17, 15) is 5.11 Å². The van der Waals surface area contributed by atoms with E-state index in [-0.39, 0.29) is 6.10 Å². The second-order valence-corrected chi connectivity index (χ2v) is 5.25. The van der Waals surface area contributed by atoms with Crippen LogP contribution in [0.4, 0.5) is 0 Å². The topological polar surface area (TPSA) is 52.1 Å². The summed E-state index contributed by atoms with van der Waals surface area (Å²) < 4.78 is 0. The van der Waals surface area contributed by atoms with Crippen molar-refractivity contribution in [3.8, 4) is 0 Å². The third kappa shape index (κ3) is 1.66. The number of aliphatic hydroxyl groups is 1. The Balaban J connectivity index is 1.73. The number of aliphatic hydroxyl groups excluding tert-OH is 1. The fourth-order valence-electron chi connectivity index (χ4n) is 3.15. The maximum absolute atomic E-state index is 9.81. The molecule has 1 aliphatic carbocycles. The minimum atomic E-state index is -0.0825. The molecular formula is C12H19N3O. The number of nitrogens with one attached hydrogen (secondary N) is 1. The smallest absolute Gasteiger partial charge is 0.0570 e. The highest BCUT2D eigenvalue weighted by atomic mass is 16.3. The number of aromatic nitrogens is 2. The maximum atomic E-state index is 9.81. The summed E-state index contributed by atoms with van der Waals surface area (Å²) in [6.45, 7) is 2.00. The quantitative estimate of drug-likeness (QED) is 0.791. The first-order valence-corrected chi connectivity index (χ1v) is 6.19. The van der Waals surface area contributed by atoms with Crippen molar-refractivity contribution in [2.45, 2.75) is 50.3 Å². The molecule has 4 heteroatoms. The highest BCUT2D eigenvalue weighted by molar-refractivity contribution is 5.08. The average Bonchev–Trinajstić information content (AvgIpc) is 2.71. The highest BCUT2D eigenvalue weighted by Crippen LogP contribution is 2.44. The first kappa shape index (κ1) is 10.3.